The zero-order chi connectivity index (χ0) is 19.3. The Hall–Kier alpha value is -2.57. The van der Waals surface area contributed by atoms with Gasteiger partial charge in [0.15, 0.2) is 5.82 Å². The van der Waals surface area contributed by atoms with Crippen molar-refractivity contribution in [3.8, 4) is 5.75 Å². The Labute approximate surface area is 177 Å². The van der Waals surface area contributed by atoms with Gasteiger partial charge in [-0.05, 0) is 50.0 Å². The van der Waals surface area contributed by atoms with Crippen molar-refractivity contribution >= 4 is 29.3 Å². The molecule has 1 aliphatic rings. The minimum Gasteiger partial charge on any atom is -0.488 e. The maximum atomic E-state index is 12.7. The van der Waals surface area contributed by atoms with Crippen molar-refractivity contribution in [2.24, 2.45) is 7.05 Å². The first-order chi connectivity index (χ1) is 13.7. The van der Waals surface area contributed by atoms with Gasteiger partial charge in [0, 0.05) is 13.6 Å². The summed E-state index contributed by atoms with van der Waals surface area (Å²) in [7, 11) is 1.87. The van der Waals surface area contributed by atoms with E-state index in [4.69, 9.17) is 4.74 Å². The molecule has 0 unspecified atom stereocenters. The molecule has 4 rings (SSSR count). The first-order valence-electron chi connectivity index (χ1n) is 9.87. The molecule has 0 spiro atoms. The summed E-state index contributed by atoms with van der Waals surface area (Å²) in [4.78, 5) is 17.2. The molecule has 2 N–H and O–H groups in total. The number of carbonyl (C=O) groups is 1. The summed E-state index contributed by atoms with van der Waals surface area (Å²) < 4.78 is 8.09. The molecule has 0 atom stereocenters. The molecule has 1 saturated heterocycles. The van der Waals surface area contributed by atoms with Crippen molar-refractivity contribution in [3.63, 3.8) is 0 Å². The smallest absolute Gasteiger partial charge is 0.287 e. The lowest BCUT2D eigenvalue weighted by molar-refractivity contribution is 0.0941. The van der Waals surface area contributed by atoms with Crippen LogP contribution in [0.4, 0.5) is 0 Å². The third kappa shape index (κ3) is 4.89. The van der Waals surface area contributed by atoms with Crippen molar-refractivity contribution in [1.82, 2.24) is 20.2 Å². The van der Waals surface area contributed by atoms with Crippen LogP contribution in [0.3, 0.4) is 0 Å². The van der Waals surface area contributed by atoms with Crippen molar-refractivity contribution < 1.29 is 9.53 Å². The van der Waals surface area contributed by atoms with Gasteiger partial charge in [-0.3, -0.25) is 4.79 Å². The van der Waals surface area contributed by atoms with E-state index in [0.717, 1.165) is 49.1 Å². The molecule has 1 amide bonds. The Kier molecular flexibility index (Phi) is 7.12. The predicted octanol–water partition coefficient (Wildman–Crippen LogP) is 3.10. The molecule has 0 radical (unpaired) electrons. The number of aryl methyl sites for hydroxylation is 1. The van der Waals surface area contributed by atoms with Crippen LogP contribution in [0.5, 0.6) is 5.75 Å². The minimum absolute atomic E-state index is 0. The van der Waals surface area contributed by atoms with Crippen LogP contribution in [-0.4, -0.2) is 41.2 Å². The molecule has 1 aromatic heterocycles. The monoisotopic (exact) mass is 414 g/mol. The van der Waals surface area contributed by atoms with E-state index in [0.29, 0.717) is 12.4 Å². The number of nitrogens with one attached hydrogen (secondary N) is 2. The van der Waals surface area contributed by atoms with E-state index in [9.17, 15) is 4.79 Å². The minimum atomic E-state index is -0.164. The molecule has 7 heteroatoms. The van der Waals surface area contributed by atoms with Crippen molar-refractivity contribution in [2.45, 2.75) is 25.4 Å². The van der Waals surface area contributed by atoms with E-state index in [1.54, 1.807) is 0 Å². The highest BCUT2D eigenvalue weighted by molar-refractivity contribution is 5.96. The Balaban J connectivity index is 0.00000240. The maximum Gasteiger partial charge on any atom is 0.287 e. The van der Waals surface area contributed by atoms with Gasteiger partial charge in [0.25, 0.3) is 5.91 Å². The van der Waals surface area contributed by atoms with Gasteiger partial charge in [0.2, 0.25) is 0 Å². The van der Waals surface area contributed by atoms with Gasteiger partial charge in [0.1, 0.15) is 17.4 Å². The second-order valence-electron chi connectivity index (χ2n) is 7.18. The van der Waals surface area contributed by atoms with E-state index < -0.39 is 0 Å². The Morgan fingerprint density at radius 3 is 2.69 bits per heavy atom. The molecule has 3 aromatic rings. The fourth-order valence-corrected chi connectivity index (χ4v) is 3.67. The average molecular weight is 415 g/mol. The number of carbonyl (C=O) groups excluding carboxylic acids is 1. The highest BCUT2D eigenvalue weighted by Crippen LogP contribution is 2.28. The van der Waals surface area contributed by atoms with Crippen LogP contribution >= 0.6 is 12.4 Å². The number of aromatic nitrogens is 2. The Bertz CT molecular complexity index is 952. The zero-order valence-electron chi connectivity index (χ0n) is 16.6. The van der Waals surface area contributed by atoms with Gasteiger partial charge in [-0.2, -0.15) is 0 Å². The first kappa shape index (κ1) is 21.1. The summed E-state index contributed by atoms with van der Waals surface area (Å²) in [6.45, 7) is 2.52. The number of para-hydroxylation sites is 1. The van der Waals surface area contributed by atoms with Crippen LogP contribution in [-0.2, 0) is 13.5 Å². The Morgan fingerprint density at radius 2 is 1.93 bits per heavy atom. The lowest BCUT2D eigenvalue weighted by Crippen LogP contribution is -2.34. The van der Waals surface area contributed by atoms with Crippen LogP contribution in [0.15, 0.2) is 48.5 Å². The molecular weight excluding hydrogens is 388 g/mol. The van der Waals surface area contributed by atoms with Crippen molar-refractivity contribution in [2.75, 3.05) is 19.6 Å². The molecule has 2 aromatic carbocycles. The number of piperidine rings is 1. The number of imidazole rings is 1. The molecule has 0 saturated carbocycles. The van der Waals surface area contributed by atoms with Gasteiger partial charge in [-0.15, -0.1) is 12.4 Å². The van der Waals surface area contributed by atoms with Crippen LogP contribution < -0.4 is 15.4 Å². The number of nitrogens with zero attached hydrogens (tertiary/aromatic N) is 2. The quantitative estimate of drug-likeness (QED) is 0.650. The van der Waals surface area contributed by atoms with Crippen molar-refractivity contribution in [1.29, 1.82) is 0 Å². The highest BCUT2D eigenvalue weighted by Gasteiger charge is 2.20. The second-order valence-corrected chi connectivity index (χ2v) is 7.18. The Morgan fingerprint density at radius 1 is 1.17 bits per heavy atom. The standard InChI is InChI=1S/C22H26N4O2.ClH/c1-26-20-18(8-5-9-19(20)28-17-11-13-23-14-12-17)25-21(26)22(27)24-15-10-16-6-3-2-4-7-16;/h2-9,17,23H,10-15H2,1H3,(H,24,27);1H. The first-order valence-corrected chi connectivity index (χ1v) is 9.87. The molecule has 2 heterocycles. The van der Waals surface area contributed by atoms with E-state index in [2.05, 4.69) is 27.8 Å². The fraction of sp³-hybridized carbons (Fsp3) is 0.364. The molecule has 0 bridgehead atoms. The number of halogens is 1. The number of amides is 1. The molecule has 6 nitrogen and oxygen atoms in total. The van der Waals surface area contributed by atoms with Gasteiger partial charge < -0.3 is 19.9 Å². The number of ether oxygens (including phenoxy) is 1. The SMILES string of the molecule is Cl.Cn1c(C(=O)NCCc2ccccc2)nc2cccc(OC3CCNCC3)c21. The maximum absolute atomic E-state index is 12.7. The fourth-order valence-electron chi connectivity index (χ4n) is 3.67. The summed E-state index contributed by atoms with van der Waals surface area (Å²) in [6.07, 6.45) is 2.97. The normalized spacial score (nSPS) is 14.4. The van der Waals surface area contributed by atoms with Crippen LogP contribution in [0, 0.1) is 0 Å². The number of hydrogen-bond acceptors (Lipinski definition) is 4. The zero-order valence-corrected chi connectivity index (χ0v) is 17.4. The van der Waals surface area contributed by atoms with Crippen LogP contribution in [0.25, 0.3) is 11.0 Å². The van der Waals surface area contributed by atoms with Crippen molar-refractivity contribution in [3.05, 3.63) is 59.9 Å². The van der Waals surface area contributed by atoms with Crippen LogP contribution in [0.2, 0.25) is 0 Å². The number of fused-ring (bicyclic) bond motifs is 1. The lowest BCUT2D eigenvalue weighted by Gasteiger charge is -2.24. The third-order valence-corrected chi connectivity index (χ3v) is 5.18. The topological polar surface area (TPSA) is 68.2 Å². The predicted molar refractivity (Wildman–Crippen MR) is 117 cm³/mol. The van der Waals surface area contributed by atoms with E-state index in [-0.39, 0.29) is 24.4 Å². The average Bonchev–Trinajstić information content (AvgIpc) is 3.07. The second kappa shape index (κ2) is 9.76. The summed E-state index contributed by atoms with van der Waals surface area (Å²) in [5, 5.41) is 6.33. The highest BCUT2D eigenvalue weighted by atomic mass is 35.5. The molecule has 1 fully saturated rings. The molecule has 1 aliphatic heterocycles. The summed E-state index contributed by atoms with van der Waals surface area (Å²) in [6, 6.07) is 15.9. The van der Waals surface area contributed by atoms with Gasteiger partial charge >= 0.3 is 0 Å². The largest absolute Gasteiger partial charge is 0.488 e. The van der Waals surface area contributed by atoms with E-state index in [1.807, 2.05) is 48.0 Å². The van der Waals surface area contributed by atoms with E-state index >= 15 is 0 Å². The molecule has 29 heavy (non-hydrogen) atoms. The molecular formula is C22H27ClN4O2. The summed E-state index contributed by atoms with van der Waals surface area (Å²) in [5.41, 5.74) is 2.85. The summed E-state index contributed by atoms with van der Waals surface area (Å²) >= 11 is 0. The summed E-state index contributed by atoms with van der Waals surface area (Å²) in [5.74, 6) is 1.04. The van der Waals surface area contributed by atoms with Crippen LogP contribution in [0.1, 0.15) is 29.0 Å². The number of rotatable bonds is 6. The third-order valence-electron chi connectivity index (χ3n) is 5.18. The number of hydrogen-bond donors (Lipinski definition) is 2. The van der Waals surface area contributed by atoms with Gasteiger partial charge in [0.05, 0.1) is 5.52 Å². The van der Waals surface area contributed by atoms with E-state index in [1.165, 1.54) is 5.56 Å². The molecule has 154 valence electrons. The molecule has 0 aliphatic carbocycles. The van der Waals surface area contributed by atoms with Gasteiger partial charge in [-0.1, -0.05) is 36.4 Å². The number of benzene rings is 2. The van der Waals surface area contributed by atoms with Gasteiger partial charge in [-0.25, -0.2) is 4.98 Å². The lowest BCUT2D eigenvalue weighted by atomic mass is 10.1.